The van der Waals surface area contributed by atoms with E-state index in [1.165, 1.54) is 0 Å². The van der Waals surface area contributed by atoms with Gasteiger partial charge in [-0.2, -0.15) is 0 Å². The topological polar surface area (TPSA) is 66.3 Å². The molecule has 0 spiro atoms. The summed E-state index contributed by atoms with van der Waals surface area (Å²) in [5.74, 6) is 0.279. The molecule has 4 rings (SSSR count). The van der Waals surface area contributed by atoms with Crippen LogP contribution in [0.5, 0.6) is 0 Å². The van der Waals surface area contributed by atoms with Crippen molar-refractivity contribution in [1.82, 2.24) is 30.1 Å². The lowest BCUT2D eigenvalue weighted by molar-refractivity contribution is 0.0945. The average molecular weight is 461 g/mol. The number of unbranched alkanes of at least 4 members (excludes halogenated alkanes) is 1. The van der Waals surface area contributed by atoms with E-state index >= 15 is 0 Å². The van der Waals surface area contributed by atoms with Gasteiger partial charge in [0, 0.05) is 43.1 Å². The van der Waals surface area contributed by atoms with Crippen molar-refractivity contribution < 1.29 is 4.79 Å². The number of nitrogens with one attached hydrogen (secondary N) is 1. The predicted molar refractivity (Wildman–Crippen MR) is 117 cm³/mol. The Labute approximate surface area is 180 Å². The molecule has 2 aliphatic rings. The highest BCUT2D eigenvalue weighted by molar-refractivity contribution is 9.10. The van der Waals surface area contributed by atoms with Crippen molar-refractivity contribution >= 4 is 21.8 Å². The van der Waals surface area contributed by atoms with Gasteiger partial charge in [0.1, 0.15) is 0 Å². The van der Waals surface area contributed by atoms with Crippen molar-refractivity contribution in [1.29, 1.82) is 0 Å². The van der Waals surface area contributed by atoms with Crippen molar-refractivity contribution in [2.75, 3.05) is 46.3 Å². The average Bonchev–Trinajstić information content (AvgIpc) is 3.47. The third-order valence-corrected chi connectivity index (χ3v) is 6.27. The first kappa shape index (κ1) is 20.5. The van der Waals surface area contributed by atoms with Crippen LogP contribution in [0.15, 0.2) is 28.7 Å². The molecule has 7 nitrogen and oxygen atoms in total. The molecule has 2 fully saturated rings. The summed E-state index contributed by atoms with van der Waals surface area (Å²) in [4.78, 5) is 17.6. The fourth-order valence-corrected chi connectivity index (χ4v) is 4.03. The molecule has 1 aromatic carbocycles. The number of benzene rings is 1. The Kier molecular flexibility index (Phi) is 6.62. The Balaban J connectivity index is 1.30. The van der Waals surface area contributed by atoms with Gasteiger partial charge < -0.3 is 15.1 Å². The zero-order valence-electron chi connectivity index (χ0n) is 17.0. The molecule has 1 aliphatic carbocycles. The summed E-state index contributed by atoms with van der Waals surface area (Å²) in [5.41, 5.74) is 2.37. The quantitative estimate of drug-likeness (QED) is 0.613. The third kappa shape index (κ3) is 5.24. The second-order valence-corrected chi connectivity index (χ2v) is 9.01. The molecule has 1 aromatic heterocycles. The van der Waals surface area contributed by atoms with Crippen LogP contribution in [0, 0.1) is 0 Å². The zero-order valence-corrected chi connectivity index (χ0v) is 18.6. The molecule has 1 saturated carbocycles. The fraction of sp³-hybridized carbons (Fsp3) is 0.571. The molecule has 2 aromatic rings. The van der Waals surface area contributed by atoms with Crippen LogP contribution in [0.1, 0.15) is 47.8 Å². The number of hydrogen-bond donors (Lipinski definition) is 1. The number of halogens is 1. The molecular weight excluding hydrogens is 432 g/mol. The van der Waals surface area contributed by atoms with E-state index in [0.29, 0.717) is 18.2 Å². The number of hydrogen-bond acceptors (Lipinski definition) is 5. The molecule has 1 N–H and O–H groups in total. The maximum absolute atomic E-state index is 12.7. The molecule has 8 heteroatoms. The van der Waals surface area contributed by atoms with Gasteiger partial charge in [0.2, 0.25) is 0 Å². The minimum Gasteiger partial charge on any atom is -0.351 e. The van der Waals surface area contributed by atoms with E-state index in [4.69, 9.17) is 0 Å². The van der Waals surface area contributed by atoms with Crippen molar-refractivity contribution in [3.05, 3.63) is 40.1 Å². The Morgan fingerprint density at radius 2 is 1.86 bits per heavy atom. The number of rotatable bonds is 8. The predicted octanol–water partition coefficient (Wildman–Crippen LogP) is 2.66. The largest absolute Gasteiger partial charge is 0.351 e. The van der Waals surface area contributed by atoms with Gasteiger partial charge in [0.25, 0.3) is 5.91 Å². The van der Waals surface area contributed by atoms with Gasteiger partial charge in [-0.05, 0) is 63.5 Å². The zero-order chi connectivity index (χ0) is 20.2. The SMILES string of the molecule is CN1CCN(CCCCNC(=O)c2nnn(-c3ccc(Br)cc3)c2C2CC2)CC1. The second-order valence-electron chi connectivity index (χ2n) is 8.09. The summed E-state index contributed by atoms with van der Waals surface area (Å²) < 4.78 is 2.84. The Morgan fingerprint density at radius 1 is 1.14 bits per heavy atom. The number of likely N-dealkylation sites (N-methyl/N-ethyl adjacent to an activating group) is 1. The molecule has 0 unspecified atom stereocenters. The number of aromatic nitrogens is 3. The molecule has 0 radical (unpaired) electrons. The Morgan fingerprint density at radius 3 is 2.55 bits per heavy atom. The highest BCUT2D eigenvalue weighted by Gasteiger charge is 2.34. The Hall–Kier alpha value is -1.77. The van der Waals surface area contributed by atoms with E-state index in [1.807, 2.05) is 28.9 Å². The molecule has 0 bridgehead atoms. The van der Waals surface area contributed by atoms with Gasteiger partial charge in [-0.25, -0.2) is 4.68 Å². The van der Waals surface area contributed by atoms with E-state index < -0.39 is 0 Å². The van der Waals surface area contributed by atoms with Gasteiger partial charge in [0.05, 0.1) is 11.4 Å². The van der Waals surface area contributed by atoms with E-state index in [-0.39, 0.29) is 5.91 Å². The van der Waals surface area contributed by atoms with Gasteiger partial charge >= 0.3 is 0 Å². The smallest absolute Gasteiger partial charge is 0.273 e. The lowest BCUT2D eigenvalue weighted by Gasteiger charge is -2.32. The molecule has 1 aliphatic heterocycles. The molecule has 29 heavy (non-hydrogen) atoms. The molecule has 2 heterocycles. The first-order valence-corrected chi connectivity index (χ1v) is 11.3. The molecule has 156 valence electrons. The minimum atomic E-state index is -0.102. The van der Waals surface area contributed by atoms with Crippen LogP contribution in [-0.2, 0) is 0 Å². The molecule has 0 atom stereocenters. The maximum atomic E-state index is 12.7. The summed E-state index contributed by atoms with van der Waals surface area (Å²) in [7, 11) is 2.18. The summed E-state index contributed by atoms with van der Waals surface area (Å²) in [6.07, 6.45) is 4.27. The van der Waals surface area contributed by atoms with Gasteiger partial charge in [-0.1, -0.05) is 21.1 Å². The van der Waals surface area contributed by atoms with Gasteiger partial charge in [-0.15, -0.1) is 5.10 Å². The molecule has 1 amide bonds. The standard InChI is InChI=1S/C21H29BrN6O/c1-26-12-14-27(15-13-26)11-3-2-10-23-21(29)19-20(16-4-5-16)28(25-24-19)18-8-6-17(22)7-9-18/h6-9,16H,2-5,10-15H2,1H3,(H,23,29). The third-order valence-electron chi connectivity index (χ3n) is 5.74. The highest BCUT2D eigenvalue weighted by atomic mass is 79.9. The number of carbonyl (C=O) groups excluding carboxylic acids is 1. The van der Waals surface area contributed by atoms with Crippen molar-refractivity contribution in [2.45, 2.75) is 31.6 Å². The van der Waals surface area contributed by atoms with Crippen LogP contribution < -0.4 is 5.32 Å². The Bertz CT molecular complexity index is 824. The first-order chi connectivity index (χ1) is 14.1. The van der Waals surface area contributed by atoms with Crippen LogP contribution in [0.3, 0.4) is 0 Å². The summed E-state index contributed by atoms with van der Waals surface area (Å²) >= 11 is 3.46. The van der Waals surface area contributed by atoms with Crippen LogP contribution >= 0.6 is 15.9 Å². The monoisotopic (exact) mass is 460 g/mol. The first-order valence-electron chi connectivity index (χ1n) is 10.5. The van der Waals surface area contributed by atoms with Crippen molar-refractivity contribution in [3.63, 3.8) is 0 Å². The van der Waals surface area contributed by atoms with E-state index in [9.17, 15) is 4.79 Å². The van der Waals surface area contributed by atoms with Crippen LogP contribution in [0.2, 0.25) is 0 Å². The molecular formula is C21H29BrN6O. The maximum Gasteiger partial charge on any atom is 0.273 e. The van der Waals surface area contributed by atoms with Crippen LogP contribution in [0.25, 0.3) is 5.69 Å². The van der Waals surface area contributed by atoms with Crippen LogP contribution in [-0.4, -0.2) is 77.0 Å². The van der Waals surface area contributed by atoms with E-state index in [0.717, 1.165) is 74.3 Å². The van der Waals surface area contributed by atoms with Gasteiger partial charge in [-0.3, -0.25) is 4.79 Å². The number of nitrogens with zero attached hydrogens (tertiary/aromatic N) is 5. The number of carbonyl (C=O) groups is 1. The molecule has 1 saturated heterocycles. The van der Waals surface area contributed by atoms with Crippen molar-refractivity contribution in [3.8, 4) is 5.69 Å². The number of piperazine rings is 1. The minimum absolute atomic E-state index is 0.102. The lowest BCUT2D eigenvalue weighted by Crippen LogP contribution is -2.44. The lowest BCUT2D eigenvalue weighted by atomic mass is 10.2. The van der Waals surface area contributed by atoms with E-state index in [2.05, 4.69) is 48.4 Å². The van der Waals surface area contributed by atoms with Crippen molar-refractivity contribution in [2.24, 2.45) is 0 Å². The summed E-state index contributed by atoms with van der Waals surface area (Å²) in [5, 5.41) is 11.6. The summed E-state index contributed by atoms with van der Waals surface area (Å²) in [6, 6.07) is 7.94. The second kappa shape index (κ2) is 9.36. The van der Waals surface area contributed by atoms with Crippen LogP contribution in [0.4, 0.5) is 0 Å². The highest BCUT2D eigenvalue weighted by Crippen LogP contribution is 2.42. The fourth-order valence-electron chi connectivity index (χ4n) is 3.76. The van der Waals surface area contributed by atoms with E-state index in [1.54, 1.807) is 0 Å². The normalized spacial score (nSPS) is 18.1. The number of amides is 1. The summed E-state index contributed by atoms with van der Waals surface area (Å²) in [6.45, 7) is 6.38. The van der Waals surface area contributed by atoms with Gasteiger partial charge in [0.15, 0.2) is 5.69 Å².